The van der Waals surface area contributed by atoms with E-state index in [-0.39, 0.29) is 31.8 Å². The summed E-state index contributed by atoms with van der Waals surface area (Å²) < 4.78 is 23.1. The zero-order chi connectivity index (χ0) is 25.6. The first kappa shape index (κ1) is 23.4. The number of sulfonamides is 1. The Morgan fingerprint density at radius 1 is 1.00 bits per heavy atom. The number of aliphatic imine (C=N–C) groups is 1. The number of anilines is 2. The molecule has 5 rings (SSSR count). The summed E-state index contributed by atoms with van der Waals surface area (Å²) in [4.78, 5) is 43.0. The van der Waals surface area contributed by atoms with E-state index in [1.165, 1.54) is 47.4 Å². The number of carbonyl (C=O) groups is 2. The molecule has 2 heterocycles. The van der Waals surface area contributed by atoms with Gasteiger partial charge in [-0.05, 0) is 54.2 Å². The first-order chi connectivity index (χ1) is 17.1. The van der Waals surface area contributed by atoms with Gasteiger partial charge in [0.05, 0.1) is 31.7 Å². The Morgan fingerprint density at radius 2 is 1.69 bits per heavy atom. The van der Waals surface area contributed by atoms with Crippen LogP contribution in [0.15, 0.2) is 87.6 Å². The number of primary sulfonamides is 1. The molecule has 1 fully saturated rings. The van der Waals surface area contributed by atoms with Gasteiger partial charge in [-0.15, -0.1) is 0 Å². The molecule has 0 aliphatic carbocycles. The molecule has 0 radical (unpaired) electrons. The molecule has 3 N–H and O–H groups in total. The molecule has 0 aromatic heterocycles. The Morgan fingerprint density at radius 3 is 2.33 bits per heavy atom. The fraction of sp³-hybridized carbons (Fsp3) is 0. The maximum absolute atomic E-state index is 13.6. The van der Waals surface area contributed by atoms with Gasteiger partial charge in [0.2, 0.25) is 10.0 Å². The Hall–Kier alpha value is -4.33. The lowest BCUT2D eigenvalue weighted by atomic mass is 10.1. The van der Waals surface area contributed by atoms with Crippen LogP contribution in [0.5, 0.6) is 0 Å². The zero-order valence-electron chi connectivity index (χ0n) is 18.1. The molecule has 3 aromatic carbocycles. The summed E-state index contributed by atoms with van der Waals surface area (Å²) in [5, 5.41) is 19.3. The largest absolute Gasteiger partial charge is 0.321 e. The number of hydrogen-bond acceptors (Lipinski definition) is 8. The number of nitrogens with two attached hydrogens (primary N) is 1. The number of amides is 2. The first-order valence-corrected chi connectivity index (χ1v) is 12.6. The smallest absolute Gasteiger partial charge is 0.272 e. The number of non-ortho nitro benzene ring substituents is 1. The second-order valence-corrected chi connectivity index (χ2v) is 10.2. The van der Waals surface area contributed by atoms with Crippen LogP contribution in [0.3, 0.4) is 0 Å². The molecule has 1 saturated heterocycles. The molecule has 0 bridgehead atoms. The third-order valence-corrected chi connectivity index (χ3v) is 7.34. The van der Waals surface area contributed by atoms with Crippen molar-refractivity contribution in [2.45, 2.75) is 4.90 Å². The van der Waals surface area contributed by atoms with E-state index in [9.17, 15) is 28.1 Å². The van der Waals surface area contributed by atoms with Crippen molar-refractivity contribution in [1.82, 2.24) is 0 Å². The van der Waals surface area contributed by atoms with Crippen LogP contribution < -0.4 is 15.4 Å². The molecule has 3 aromatic rings. The highest BCUT2D eigenvalue weighted by Crippen LogP contribution is 2.44. The molecule has 0 unspecified atom stereocenters. The van der Waals surface area contributed by atoms with Crippen molar-refractivity contribution in [1.29, 1.82) is 0 Å². The van der Waals surface area contributed by atoms with Crippen molar-refractivity contribution >= 4 is 67.1 Å². The molecule has 13 heteroatoms. The van der Waals surface area contributed by atoms with Crippen LogP contribution in [-0.2, 0) is 19.6 Å². The maximum atomic E-state index is 13.6. The maximum Gasteiger partial charge on any atom is 0.272 e. The molecule has 180 valence electrons. The van der Waals surface area contributed by atoms with E-state index in [2.05, 4.69) is 10.3 Å². The number of thioether (sulfide) groups is 1. The van der Waals surface area contributed by atoms with Gasteiger partial charge in [0, 0.05) is 23.4 Å². The highest BCUT2D eigenvalue weighted by Gasteiger charge is 2.41. The summed E-state index contributed by atoms with van der Waals surface area (Å²) in [6, 6.07) is 18.0. The summed E-state index contributed by atoms with van der Waals surface area (Å²) in [7, 11) is -3.89. The standard InChI is InChI=1S/C23H15N5O6S2/c24-36(33,34)16-9-6-13(7-10-16)25-23-27(14-4-2-1-3-5-14)22(30)20(35-23)19-17-12-15(28(31)32)8-11-18(17)26-21(19)29/h1-12H,(H,26,29)(H2,24,33,34)/b20-19-,25-23-. The molecular weight excluding hydrogens is 506 g/mol. The average Bonchev–Trinajstić information content (AvgIpc) is 3.33. The number of para-hydroxylation sites is 1. The van der Waals surface area contributed by atoms with Gasteiger partial charge in [0.1, 0.15) is 0 Å². The second-order valence-electron chi connectivity index (χ2n) is 7.66. The summed E-state index contributed by atoms with van der Waals surface area (Å²) >= 11 is 0.938. The lowest BCUT2D eigenvalue weighted by Crippen LogP contribution is -2.29. The number of hydrogen-bond donors (Lipinski definition) is 2. The topological polar surface area (TPSA) is 165 Å². The van der Waals surface area contributed by atoms with Crippen molar-refractivity contribution in [2.24, 2.45) is 10.1 Å². The van der Waals surface area contributed by atoms with Crippen LogP contribution in [0.4, 0.5) is 22.7 Å². The fourth-order valence-electron chi connectivity index (χ4n) is 3.72. The monoisotopic (exact) mass is 521 g/mol. The molecular formula is C23H15N5O6S2. The fourth-order valence-corrected chi connectivity index (χ4v) is 5.33. The number of fused-ring (bicyclic) bond motifs is 1. The van der Waals surface area contributed by atoms with E-state index in [4.69, 9.17) is 5.14 Å². The van der Waals surface area contributed by atoms with E-state index >= 15 is 0 Å². The minimum atomic E-state index is -3.89. The predicted molar refractivity (Wildman–Crippen MR) is 135 cm³/mol. The third-order valence-electron chi connectivity index (χ3n) is 5.37. The third kappa shape index (κ3) is 4.15. The van der Waals surface area contributed by atoms with Gasteiger partial charge in [-0.1, -0.05) is 18.2 Å². The van der Waals surface area contributed by atoms with Crippen LogP contribution in [0.25, 0.3) is 5.57 Å². The summed E-state index contributed by atoms with van der Waals surface area (Å²) in [6.07, 6.45) is 0. The Labute approximate surface area is 208 Å². The Bertz CT molecular complexity index is 1620. The van der Waals surface area contributed by atoms with Crippen LogP contribution in [0, 0.1) is 10.1 Å². The van der Waals surface area contributed by atoms with Crippen molar-refractivity contribution in [3.05, 3.63) is 93.4 Å². The molecule has 11 nitrogen and oxygen atoms in total. The molecule has 0 saturated carbocycles. The second kappa shape index (κ2) is 8.71. The van der Waals surface area contributed by atoms with Gasteiger partial charge in [0.15, 0.2) is 5.17 Å². The highest BCUT2D eigenvalue weighted by atomic mass is 32.2. The number of benzene rings is 3. The summed E-state index contributed by atoms with van der Waals surface area (Å²) in [5.74, 6) is -1.09. The number of nitro benzene ring substituents is 1. The van der Waals surface area contributed by atoms with Crippen LogP contribution in [-0.4, -0.2) is 30.3 Å². The van der Waals surface area contributed by atoms with Crippen LogP contribution >= 0.6 is 11.8 Å². The minimum Gasteiger partial charge on any atom is -0.321 e. The van der Waals surface area contributed by atoms with Crippen molar-refractivity contribution in [2.75, 3.05) is 10.2 Å². The number of amidine groups is 1. The molecule has 2 aliphatic heterocycles. The zero-order valence-corrected chi connectivity index (χ0v) is 19.7. The Kier molecular flexibility index (Phi) is 5.67. The molecule has 36 heavy (non-hydrogen) atoms. The quantitative estimate of drug-likeness (QED) is 0.302. The van der Waals surface area contributed by atoms with Crippen LogP contribution in [0.2, 0.25) is 0 Å². The van der Waals surface area contributed by atoms with E-state index in [1.807, 2.05) is 0 Å². The van der Waals surface area contributed by atoms with Gasteiger partial charge < -0.3 is 5.32 Å². The molecule has 2 amide bonds. The van der Waals surface area contributed by atoms with Gasteiger partial charge in [0.25, 0.3) is 17.5 Å². The van der Waals surface area contributed by atoms with Gasteiger partial charge in [-0.25, -0.2) is 18.5 Å². The first-order valence-electron chi connectivity index (χ1n) is 10.3. The van der Waals surface area contributed by atoms with E-state index < -0.39 is 26.8 Å². The number of nitro groups is 1. The number of nitrogens with zero attached hydrogens (tertiary/aromatic N) is 3. The highest BCUT2D eigenvalue weighted by molar-refractivity contribution is 8.19. The number of carbonyl (C=O) groups excluding carboxylic acids is 2. The van der Waals surface area contributed by atoms with Crippen molar-refractivity contribution in [3.63, 3.8) is 0 Å². The lowest BCUT2D eigenvalue weighted by Gasteiger charge is -2.15. The summed E-state index contributed by atoms with van der Waals surface area (Å²) in [5.41, 5.74) is 1.23. The van der Waals surface area contributed by atoms with Gasteiger partial charge in [-0.2, -0.15) is 0 Å². The minimum absolute atomic E-state index is 0.0133. The van der Waals surface area contributed by atoms with E-state index in [0.29, 0.717) is 17.1 Å². The summed E-state index contributed by atoms with van der Waals surface area (Å²) in [6.45, 7) is 0. The number of nitrogens with one attached hydrogen (secondary N) is 1. The predicted octanol–water partition coefficient (Wildman–Crippen LogP) is 3.37. The van der Waals surface area contributed by atoms with Gasteiger partial charge >= 0.3 is 0 Å². The average molecular weight is 522 g/mol. The molecule has 2 aliphatic rings. The van der Waals surface area contributed by atoms with Crippen LogP contribution in [0.1, 0.15) is 5.56 Å². The SMILES string of the molecule is NS(=O)(=O)c1ccc(/N=C2\S/C(=C3\C(=O)Nc4ccc([N+](=O)[O-])cc43)C(=O)N2c2ccccc2)cc1. The van der Waals surface area contributed by atoms with Crippen molar-refractivity contribution < 1.29 is 22.9 Å². The normalized spacial score (nSPS) is 18.5. The van der Waals surface area contributed by atoms with Gasteiger partial charge in [-0.3, -0.25) is 24.6 Å². The lowest BCUT2D eigenvalue weighted by molar-refractivity contribution is -0.384. The Balaban J connectivity index is 1.65. The van der Waals surface area contributed by atoms with E-state index in [1.54, 1.807) is 30.3 Å². The van der Waals surface area contributed by atoms with Crippen molar-refractivity contribution in [3.8, 4) is 0 Å². The molecule has 0 atom stereocenters. The number of rotatable bonds is 4. The molecule has 0 spiro atoms. The van der Waals surface area contributed by atoms with E-state index in [0.717, 1.165) is 11.8 Å².